The van der Waals surface area contributed by atoms with E-state index in [9.17, 15) is 0 Å². The van der Waals surface area contributed by atoms with Gasteiger partial charge in [-0.2, -0.15) is 0 Å². The Morgan fingerprint density at radius 2 is 1.88 bits per heavy atom. The highest BCUT2D eigenvalue weighted by Gasteiger charge is 2.10. The summed E-state index contributed by atoms with van der Waals surface area (Å²) >= 11 is 1.55. The first-order valence-electron chi connectivity index (χ1n) is 5.16. The summed E-state index contributed by atoms with van der Waals surface area (Å²) < 4.78 is 1.12. The summed E-state index contributed by atoms with van der Waals surface area (Å²) in [6.07, 6.45) is 1.71. The number of hydrogen-bond donors (Lipinski definition) is 1. The van der Waals surface area contributed by atoms with Gasteiger partial charge in [0.05, 0.1) is 10.2 Å². The molecule has 2 aromatic heterocycles. The molecule has 1 aromatic carbocycles. The molecule has 3 aromatic rings. The zero-order valence-electron chi connectivity index (χ0n) is 8.95. The maximum Gasteiger partial charge on any atom is 0.206 e. The van der Waals surface area contributed by atoms with E-state index in [1.54, 1.807) is 17.5 Å². The quantitative estimate of drug-likeness (QED) is 0.554. The fraction of sp³-hybridized carbons (Fsp3) is 0. The van der Waals surface area contributed by atoms with Gasteiger partial charge < -0.3 is 0 Å². The molecule has 0 aliphatic carbocycles. The summed E-state index contributed by atoms with van der Waals surface area (Å²) in [4.78, 5) is 8.66. The van der Waals surface area contributed by atoms with Crippen LogP contribution in [-0.4, -0.2) is 9.97 Å². The number of hydrogen-bond acceptors (Lipinski definition) is 5. The van der Waals surface area contributed by atoms with Crippen LogP contribution in [0.2, 0.25) is 0 Å². The molecule has 2 heterocycles. The number of hydrazine groups is 1. The Morgan fingerprint density at radius 1 is 1.06 bits per heavy atom. The monoisotopic (exact) mass is 242 g/mol. The molecule has 17 heavy (non-hydrogen) atoms. The second kappa shape index (κ2) is 4.12. The van der Waals surface area contributed by atoms with Gasteiger partial charge in [-0.25, -0.2) is 20.8 Å². The number of para-hydroxylation sites is 1. The van der Waals surface area contributed by atoms with Crippen LogP contribution in [0.5, 0.6) is 0 Å². The molecule has 0 saturated heterocycles. The van der Waals surface area contributed by atoms with E-state index in [0.29, 0.717) is 5.82 Å². The number of rotatable bonds is 2. The minimum atomic E-state index is 0.687. The summed E-state index contributed by atoms with van der Waals surface area (Å²) in [7, 11) is 0. The largest absolute Gasteiger partial charge is 0.240 e. The zero-order valence-corrected chi connectivity index (χ0v) is 9.76. The van der Waals surface area contributed by atoms with Gasteiger partial charge in [0, 0.05) is 6.20 Å². The van der Waals surface area contributed by atoms with E-state index in [0.717, 1.165) is 15.3 Å². The van der Waals surface area contributed by atoms with Crippen LogP contribution in [0.15, 0.2) is 48.7 Å². The maximum atomic E-state index is 6.00. The number of thiazole rings is 1. The summed E-state index contributed by atoms with van der Waals surface area (Å²) in [5.74, 6) is 6.69. The highest BCUT2D eigenvalue weighted by Crippen LogP contribution is 2.29. The fourth-order valence-corrected chi connectivity index (χ4v) is 2.45. The highest BCUT2D eigenvalue weighted by atomic mass is 32.1. The van der Waals surface area contributed by atoms with Gasteiger partial charge in [0.2, 0.25) is 5.13 Å². The van der Waals surface area contributed by atoms with Crippen LogP contribution in [0.3, 0.4) is 0 Å². The predicted octanol–water partition coefficient (Wildman–Crippen LogP) is 2.70. The molecular weight excluding hydrogens is 232 g/mol. The van der Waals surface area contributed by atoms with E-state index in [-0.39, 0.29) is 0 Å². The van der Waals surface area contributed by atoms with Crippen molar-refractivity contribution in [2.45, 2.75) is 0 Å². The van der Waals surface area contributed by atoms with E-state index >= 15 is 0 Å². The number of anilines is 2. The van der Waals surface area contributed by atoms with E-state index in [1.807, 2.05) is 42.5 Å². The molecule has 3 rings (SSSR count). The lowest BCUT2D eigenvalue weighted by Gasteiger charge is -2.12. The van der Waals surface area contributed by atoms with Gasteiger partial charge in [-0.1, -0.05) is 29.5 Å². The second-order valence-electron chi connectivity index (χ2n) is 3.52. The average molecular weight is 242 g/mol. The third-order valence-electron chi connectivity index (χ3n) is 2.38. The number of benzene rings is 1. The van der Waals surface area contributed by atoms with Crippen LogP contribution in [-0.2, 0) is 0 Å². The molecule has 0 spiro atoms. The van der Waals surface area contributed by atoms with Gasteiger partial charge in [-0.05, 0) is 24.3 Å². The lowest BCUT2D eigenvalue weighted by Crippen LogP contribution is -2.25. The third-order valence-corrected chi connectivity index (χ3v) is 3.42. The molecule has 0 amide bonds. The second-order valence-corrected chi connectivity index (χ2v) is 4.53. The normalized spacial score (nSPS) is 10.6. The van der Waals surface area contributed by atoms with Crippen molar-refractivity contribution in [3.63, 3.8) is 0 Å². The molecule has 0 bridgehead atoms. The standard InChI is InChI=1S/C12H10N4S/c13-16(11-7-3-4-8-14-11)12-15-9-5-1-2-6-10(9)17-12/h1-8H,13H2. The van der Waals surface area contributed by atoms with E-state index in [1.165, 1.54) is 5.01 Å². The Bertz CT molecular complexity index is 602. The first-order chi connectivity index (χ1) is 8.34. The Kier molecular flexibility index (Phi) is 2.47. The van der Waals surface area contributed by atoms with Gasteiger partial charge in [-0.3, -0.25) is 0 Å². The Hall–Kier alpha value is -1.98. The summed E-state index contributed by atoms with van der Waals surface area (Å²) in [5, 5.41) is 2.25. The molecule has 2 N–H and O–H groups in total. The lowest BCUT2D eigenvalue weighted by atomic mass is 10.3. The van der Waals surface area contributed by atoms with Crippen molar-refractivity contribution in [1.82, 2.24) is 9.97 Å². The van der Waals surface area contributed by atoms with Crippen molar-refractivity contribution in [3.05, 3.63) is 48.7 Å². The number of pyridine rings is 1. The van der Waals surface area contributed by atoms with E-state index in [4.69, 9.17) is 5.84 Å². The number of nitrogens with zero attached hydrogens (tertiary/aromatic N) is 3. The minimum Gasteiger partial charge on any atom is -0.240 e. The molecule has 0 fully saturated rings. The topological polar surface area (TPSA) is 55.0 Å². The third kappa shape index (κ3) is 1.86. The molecule has 4 nitrogen and oxygen atoms in total. The van der Waals surface area contributed by atoms with Crippen LogP contribution < -0.4 is 10.9 Å². The molecule has 5 heteroatoms. The predicted molar refractivity (Wildman–Crippen MR) is 70.2 cm³/mol. The SMILES string of the molecule is NN(c1ccccn1)c1nc2ccccc2s1. The summed E-state index contributed by atoms with van der Waals surface area (Å²) in [5.41, 5.74) is 0.957. The van der Waals surface area contributed by atoms with Crippen molar-refractivity contribution in [1.29, 1.82) is 0 Å². The molecule has 0 atom stereocenters. The lowest BCUT2D eigenvalue weighted by molar-refractivity contribution is 1.03. The van der Waals surface area contributed by atoms with Gasteiger partial charge in [-0.15, -0.1) is 0 Å². The van der Waals surface area contributed by atoms with Crippen LogP contribution in [0.4, 0.5) is 10.9 Å². The first-order valence-corrected chi connectivity index (χ1v) is 5.98. The van der Waals surface area contributed by atoms with Gasteiger partial charge in [0.25, 0.3) is 0 Å². The molecule has 0 aliphatic heterocycles. The molecule has 0 unspecified atom stereocenters. The zero-order chi connectivity index (χ0) is 11.7. The van der Waals surface area contributed by atoms with Crippen LogP contribution >= 0.6 is 11.3 Å². The Morgan fingerprint density at radius 3 is 2.65 bits per heavy atom. The fourth-order valence-electron chi connectivity index (χ4n) is 1.56. The maximum absolute atomic E-state index is 6.00. The van der Waals surface area contributed by atoms with Crippen molar-refractivity contribution < 1.29 is 0 Å². The number of aromatic nitrogens is 2. The number of nitrogens with two attached hydrogens (primary N) is 1. The molecule has 0 radical (unpaired) electrons. The first kappa shape index (κ1) is 10.2. The summed E-state index contributed by atoms with van der Waals surface area (Å²) in [6.45, 7) is 0. The average Bonchev–Trinajstić information content (AvgIpc) is 2.82. The van der Waals surface area contributed by atoms with Gasteiger partial charge >= 0.3 is 0 Å². The molecule has 0 saturated carbocycles. The van der Waals surface area contributed by atoms with Crippen molar-refractivity contribution >= 4 is 32.5 Å². The van der Waals surface area contributed by atoms with Crippen molar-refractivity contribution in [2.24, 2.45) is 5.84 Å². The van der Waals surface area contributed by atoms with Crippen LogP contribution in [0.1, 0.15) is 0 Å². The molecule has 84 valence electrons. The van der Waals surface area contributed by atoms with Crippen molar-refractivity contribution in [3.8, 4) is 0 Å². The molecule has 0 aliphatic rings. The highest BCUT2D eigenvalue weighted by molar-refractivity contribution is 7.22. The van der Waals surface area contributed by atoms with Gasteiger partial charge in [0.15, 0.2) is 0 Å². The Balaban J connectivity index is 2.04. The van der Waals surface area contributed by atoms with Gasteiger partial charge in [0.1, 0.15) is 5.82 Å². The van der Waals surface area contributed by atoms with E-state index < -0.39 is 0 Å². The molecular formula is C12H10N4S. The number of fused-ring (bicyclic) bond motifs is 1. The van der Waals surface area contributed by atoms with E-state index in [2.05, 4.69) is 9.97 Å². The minimum absolute atomic E-state index is 0.687. The van der Waals surface area contributed by atoms with Crippen LogP contribution in [0.25, 0.3) is 10.2 Å². The van der Waals surface area contributed by atoms with Crippen molar-refractivity contribution in [2.75, 3.05) is 5.01 Å². The Labute approximate surface area is 102 Å². The smallest absolute Gasteiger partial charge is 0.206 e. The van der Waals surface area contributed by atoms with Crippen LogP contribution in [0, 0.1) is 0 Å². The summed E-state index contributed by atoms with van der Waals surface area (Å²) in [6, 6.07) is 13.6.